The molecule has 0 bridgehead atoms. The van der Waals surface area contributed by atoms with Gasteiger partial charge in [-0.3, -0.25) is 4.79 Å². The number of carbonyl (C=O) groups is 2. The number of amides is 1. The third-order valence-corrected chi connectivity index (χ3v) is 3.67. The Morgan fingerprint density at radius 3 is 2.36 bits per heavy atom. The Bertz CT molecular complexity index is 535. The van der Waals surface area contributed by atoms with E-state index in [2.05, 4.69) is 0 Å². The molecule has 1 heterocycles. The van der Waals surface area contributed by atoms with Gasteiger partial charge in [-0.25, -0.2) is 4.79 Å². The van der Waals surface area contributed by atoms with E-state index in [0.29, 0.717) is 13.0 Å². The maximum Gasteiger partial charge on any atom is 0.410 e. The van der Waals surface area contributed by atoms with Crippen molar-refractivity contribution in [3.63, 3.8) is 0 Å². The topological polar surface area (TPSA) is 55.8 Å². The first-order valence-corrected chi connectivity index (χ1v) is 7.46. The number of nitrogens with zero attached hydrogens (tertiary/aromatic N) is 1. The second-order valence-electron chi connectivity index (χ2n) is 6.45. The molecule has 0 N–H and O–H groups in total. The van der Waals surface area contributed by atoms with Crippen molar-refractivity contribution in [2.24, 2.45) is 5.92 Å². The van der Waals surface area contributed by atoms with Crippen LogP contribution in [0.4, 0.5) is 4.79 Å². The fraction of sp³-hybridized carbons (Fsp3) is 0.529. The molecule has 1 aliphatic rings. The SMILES string of the molecule is COC(=O)C1CCN(C(=O)OC(C)(C)C)C1c1ccccc1. The van der Waals surface area contributed by atoms with Gasteiger partial charge in [0.05, 0.1) is 19.1 Å². The van der Waals surface area contributed by atoms with Crippen LogP contribution in [-0.4, -0.2) is 36.2 Å². The van der Waals surface area contributed by atoms with Crippen LogP contribution in [0.5, 0.6) is 0 Å². The molecule has 2 rings (SSSR count). The number of esters is 1. The van der Waals surface area contributed by atoms with E-state index in [9.17, 15) is 9.59 Å². The van der Waals surface area contributed by atoms with E-state index >= 15 is 0 Å². The van der Waals surface area contributed by atoms with Crippen LogP contribution in [0.25, 0.3) is 0 Å². The summed E-state index contributed by atoms with van der Waals surface area (Å²) in [5.41, 5.74) is 0.350. The maximum atomic E-state index is 12.5. The molecule has 1 amide bonds. The zero-order valence-corrected chi connectivity index (χ0v) is 13.5. The van der Waals surface area contributed by atoms with Crippen LogP contribution in [0, 0.1) is 5.92 Å². The van der Waals surface area contributed by atoms with E-state index in [0.717, 1.165) is 5.56 Å². The van der Waals surface area contributed by atoms with Crippen molar-refractivity contribution in [3.8, 4) is 0 Å². The third kappa shape index (κ3) is 3.59. The van der Waals surface area contributed by atoms with Crippen molar-refractivity contribution in [3.05, 3.63) is 35.9 Å². The number of likely N-dealkylation sites (tertiary alicyclic amines) is 1. The summed E-state index contributed by atoms with van der Waals surface area (Å²) in [5.74, 6) is -0.653. The van der Waals surface area contributed by atoms with Crippen molar-refractivity contribution >= 4 is 12.1 Å². The van der Waals surface area contributed by atoms with Gasteiger partial charge in [0, 0.05) is 6.54 Å². The maximum absolute atomic E-state index is 12.5. The molecule has 1 aromatic carbocycles. The largest absolute Gasteiger partial charge is 0.469 e. The molecule has 1 aliphatic heterocycles. The van der Waals surface area contributed by atoms with E-state index in [1.54, 1.807) is 4.90 Å². The Hall–Kier alpha value is -2.04. The standard InChI is InChI=1S/C17H23NO4/c1-17(2,3)22-16(20)18-11-10-13(15(19)21-4)14(18)12-8-6-5-7-9-12/h5-9,13-14H,10-11H2,1-4H3. The lowest BCUT2D eigenvalue weighted by Crippen LogP contribution is -2.38. The van der Waals surface area contributed by atoms with Crippen LogP contribution in [0.15, 0.2) is 30.3 Å². The molecule has 2 unspecified atom stereocenters. The van der Waals surface area contributed by atoms with E-state index < -0.39 is 11.7 Å². The van der Waals surface area contributed by atoms with Gasteiger partial charge in [0.2, 0.25) is 0 Å². The smallest absolute Gasteiger partial charge is 0.410 e. The van der Waals surface area contributed by atoms with E-state index in [-0.39, 0.29) is 17.9 Å². The summed E-state index contributed by atoms with van der Waals surface area (Å²) in [6, 6.07) is 9.20. The Balaban J connectivity index is 2.29. The van der Waals surface area contributed by atoms with Gasteiger partial charge in [-0.15, -0.1) is 0 Å². The number of hydrogen-bond acceptors (Lipinski definition) is 4. The second kappa shape index (κ2) is 6.38. The minimum atomic E-state index is -0.568. The van der Waals surface area contributed by atoms with E-state index in [1.165, 1.54) is 7.11 Å². The summed E-state index contributed by atoms with van der Waals surface area (Å²) in [7, 11) is 1.38. The highest BCUT2D eigenvalue weighted by atomic mass is 16.6. The Labute approximate surface area is 131 Å². The highest BCUT2D eigenvalue weighted by molar-refractivity contribution is 5.77. The number of rotatable bonds is 2. The lowest BCUT2D eigenvalue weighted by atomic mass is 9.94. The van der Waals surface area contributed by atoms with E-state index in [1.807, 2.05) is 51.1 Å². The number of hydrogen-bond donors (Lipinski definition) is 0. The lowest BCUT2D eigenvalue weighted by Gasteiger charge is -2.30. The molecular formula is C17H23NO4. The van der Waals surface area contributed by atoms with E-state index in [4.69, 9.17) is 9.47 Å². The first kappa shape index (κ1) is 16.3. The molecule has 5 nitrogen and oxygen atoms in total. The predicted octanol–water partition coefficient (Wildman–Crippen LogP) is 3.16. The van der Waals surface area contributed by atoms with Crippen LogP contribution < -0.4 is 0 Å². The molecule has 0 saturated carbocycles. The fourth-order valence-electron chi connectivity index (χ4n) is 2.78. The van der Waals surface area contributed by atoms with Gasteiger partial charge in [-0.1, -0.05) is 30.3 Å². The molecule has 0 spiro atoms. The molecule has 5 heteroatoms. The molecule has 0 aliphatic carbocycles. The van der Waals surface area contributed by atoms with Gasteiger partial charge >= 0.3 is 12.1 Å². The highest BCUT2D eigenvalue weighted by Crippen LogP contribution is 2.38. The van der Waals surface area contributed by atoms with Gasteiger partial charge < -0.3 is 14.4 Å². The first-order valence-electron chi connectivity index (χ1n) is 7.46. The molecule has 2 atom stereocenters. The predicted molar refractivity (Wildman–Crippen MR) is 82.2 cm³/mol. The van der Waals surface area contributed by atoms with Crippen molar-refractivity contribution < 1.29 is 19.1 Å². The highest BCUT2D eigenvalue weighted by Gasteiger charge is 2.43. The summed E-state index contributed by atoms with van der Waals surface area (Å²) in [6.07, 6.45) is 0.179. The molecule has 120 valence electrons. The fourth-order valence-corrected chi connectivity index (χ4v) is 2.78. The van der Waals surface area contributed by atoms with Crippen LogP contribution >= 0.6 is 0 Å². The van der Waals surface area contributed by atoms with Gasteiger partial charge in [0.25, 0.3) is 0 Å². The third-order valence-electron chi connectivity index (χ3n) is 3.67. The number of methoxy groups -OCH3 is 1. The van der Waals surface area contributed by atoms with Gasteiger partial charge in [-0.2, -0.15) is 0 Å². The molecular weight excluding hydrogens is 282 g/mol. The zero-order valence-electron chi connectivity index (χ0n) is 13.5. The summed E-state index contributed by atoms with van der Waals surface area (Å²) in [6.45, 7) is 5.97. The summed E-state index contributed by atoms with van der Waals surface area (Å²) in [5, 5.41) is 0. The van der Waals surface area contributed by atoms with Crippen LogP contribution in [0.3, 0.4) is 0 Å². The molecule has 1 aromatic rings. The van der Waals surface area contributed by atoms with Gasteiger partial charge in [0.15, 0.2) is 0 Å². The quantitative estimate of drug-likeness (QED) is 0.788. The number of benzene rings is 1. The zero-order chi connectivity index (χ0) is 16.3. The average molecular weight is 305 g/mol. The lowest BCUT2D eigenvalue weighted by molar-refractivity contribution is -0.146. The number of carbonyl (C=O) groups excluding carboxylic acids is 2. The Morgan fingerprint density at radius 1 is 1.18 bits per heavy atom. The molecule has 1 fully saturated rings. The van der Waals surface area contributed by atoms with Crippen LogP contribution in [-0.2, 0) is 14.3 Å². The van der Waals surface area contributed by atoms with Crippen molar-refractivity contribution in [1.82, 2.24) is 4.90 Å². The molecule has 22 heavy (non-hydrogen) atoms. The Kier molecular flexibility index (Phi) is 4.74. The summed E-state index contributed by atoms with van der Waals surface area (Å²) >= 11 is 0. The van der Waals surface area contributed by atoms with Gasteiger partial charge in [-0.05, 0) is 32.8 Å². The molecule has 0 aromatic heterocycles. The van der Waals surface area contributed by atoms with Crippen molar-refractivity contribution in [2.75, 3.05) is 13.7 Å². The molecule has 1 saturated heterocycles. The van der Waals surface area contributed by atoms with Crippen molar-refractivity contribution in [1.29, 1.82) is 0 Å². The van der Waals surface area contributed by atoms with Crippen LogP contribution in [0.2, 0.25) is 0 Å². The monoisotopic (exact) mass is 305 g/mol. The second-order valence-corrected chi connectivity index (χ2v) is 6.45. The van der Waals surface area contributed by atoms with Crippen LogP contribution in [0.1, 0.15) is 38.8 Å². The molecule has 0 radical (unpaired) electrons. The van der Waals surface area contributed by atoms with Crippen molar-refractivity contribution in [2.45, 2.75) is 38.8 Å². The minimum Gasteiger partial charge on any atom is -0.469 e. The van der Waals surface area contributed by atoms with Gasteiger partial charge in [0.1, 0.15) is 5.60 Å². The number of ether oxygens (including phenoxy) is 2. The summed E-state index contributed by atoms with van der Waals surface area (Å²) in [4.78, 5) is 26.1. The normalized spacial score (nSPS) is 21.5. The summed E-state index contributed by atoms with van der Waals surface area (Å²) < 4.78 is 10.4. The first-order chi connectivity index (χ1) is 10.3. The Morgan fingerprint density at radius 2 is 1.82 bits per heavy atom. The minimum absolute atomic E-state index is 0.292. The average Bonchev–Trinajstić information content (AvgIpc) is 2.90.